The number of allylic oxidation sites excluding steroid dienone is 1. The number of hydrogen-bond donors (Lipinski definition) is 2. The van der Waals surface area contributed by atoms with Crippen LogP contribution in [0.1, 0.15) is 12.6 Å². The summed E-state index contributed by atoms with van der Waals surface area (Å²) >= 11 is 6.79. The Morgan fingerprint density at radius 3 is 2.69 bits per heavy atom. The lowest BCUT2D eigenvalue weighted by atomic mass is 10.2. The number of anilines is 1. The van der Waals surface area contributed by atoms with E-state index in [1.807, 2.05) is 0 Å². The summed E-state index contributed by atoms with van der Waals surface area (Å²) < 4.78 is 0.299. The molecule has 3 N–H and O–H groups in total. The highest BCUT2D eigenvalue weighted by molar-refractivity contribution is 7.19. The first-order chi connectivity index (χ1) is 6.06. The van der Waals surface area contributed by atoms with Crippen LogP contribution < -0.4 is 5.73 Å². The highest BCUT2D eigenvalue weighted by Crippen LogP contribution is 2.30. The van der Waals surface area contributed by atoms with Crippen molar-refractivity contribution in [1.82, 2.24) is 4.98 Å². The van der Waals surface area contributed by atoms with Crippen molar-refractivity contribution in [3.8, 4) is 0 Å². The van der Waals surface area contributed by atoms with Crippen LogP contribution in [0.4, 0.5) is 5.13 Å². The molecule has 0 unspecified atom stereocenters. The van der Waals surface area contributed by atoms with Crippen molar-refractivity contribution in [3.63, 3.8) is 0 Å². The van der Waals surface area contributed by atoms with Crippen molar-refractivity contribution in [2.24, 2.45) is 0 Å². The fraction of sp³-hybridized carbons (Fsp3) is 0.143. The van der Waals surface area contributed by atoms with Crippen LogP contribution in [0.3, 0.4) is 0 Å². The van der Waals surface area contributed by atoms with Crippen LogP contribution in [0.15, 0.2) is 6.08 Å². The van der Waals surface area contributed by atoms with Crippen LogP contribution in [-0.4, -0.2) is 16.1 Å². The molecule has 0 atom stereocenters. The Morgan fingerprint density at radius 1 is 1.77 bits per heavy atom. The molecule has 4 nitrogen and oxygen atoms in total. The van der Waals surface area contributed by atoms with E-state index in [0.717, 1.165) is 11.3 Å². The number of carboxylic acids is 1. The van der Waals surface area contributed by atoms with Gasteiger partial charge in [-0.15, -0.1) is 0 Å². The van der Waals surface area contributed by atoms with Crippen LogP contribution in [0.25, 0.3) is 5.57 Å². The first kappa shape index (κ1) is 10.0. The normalized spacial score (nSPS) is 11.7. The molecule has 1 aromatic rings. The van der Waals surface area contributed by atoms with Crippen molar-refractivity contribution < 1.29 is 9.90 Å². The van der Waals surface area contributed by atoms with E-state index in [9.17, 15) is 4.79 Å². The lowest BCUT2D eigenvalue weighted by Crippen LogP contribution is -2.00. The summed E-state index contributed by atoms with van der Waals surface area (Å²) in [7, 11) is 0. The molecular formula is C7H7ClN2O2S. The first-order valence-electron chi connectivity index (χ1n) is 3.38. The zero-order valence-corrected chi connectivity index (χ0v) is 8.32. The van der Waals surface area contributed by atoms with E-state index in [-0.39, 0.29) is 16.4 Å². The van der Waals surface area contributed by atoms with Crippen molar-refractivity contribution in [3.05, 3.63) is 16.1 Å². The zero-order valence-electron chi connectivity index (χ0n) is 6.74. The van der Waals surface area contributed by atoms with Gasteiger partial charge in [0, 0.05) is 0 Å². The number of thiazole rings is 1. The van der Waals surface area contributed by atoms with Gasteiger partial charge in [-0.25, -0.2) is 9.78 Å². The Labute approximate surface area is 83.7 Å². The SMILES string of the molecule is C/C=C(\C(=O)O)c1nc(N)sc1Cl. The van der Waals surface area contributed by atoms with Gasteiger partial charge in [-0.3, -0.25) is 0 Å². The summed E-state index contributed by atoms with van der Waals surface area (Å²) in [5.41, 5.74) is 5.68. The van der Waals surface area contributed by atoms with Gasteiger partial charge in [-0.2, -0.15) is 0 Å². The number of rotatable bonds is 2. The maximum atomic E-state index is 10.7. The molecule has 0 amide bonds. The predicted molar refractivity (Wildman–Crippen MR) is 52.8 cm³/mol. The van der Waals surface area contributed by atoms with Gasteiger partial charge in [-0.05, 0) is 6.92 Å². The molecule has 0 saturated carbocycles. The molecule has 1 aromatic heterocycles. The molecule has 1 heterocycles. The Balaban J connectivity index is 3.20. The quantitative estimate of drug-likeness (QED) is 0.743. The first-order valence-corrected chi connectivity index (χ1v) is 4.57. The van der Waals surface area contributed by atoms with E-state index in [2.05, 4.69) is 4.98 Å². The topological polar surface area (TPSA) is 76.2 Å². The third kappa shape index (κ3) is 1.99. The Hall–Kier alpha value is -1.07. The molecule has 0 aromatic carbocycles. The number of aliphatic carboxylic acids is 1. The second kappa shape index (κ2) is 3.76. The number of nitrogens with two attached hydrogens (primary N) is 1. The van der Waals surface area contributed by atoms with Crippen LogP contribution >= 0.6 is 22.9 Å². The van der Waals surface area contributed by atoms with Gasteiger partial charge in [0.25, 0.3) is 0 Å². The number of aromatic nitrogens is 1. The summed E-state index contributed by atoms with van der Waals surface area (Å²) in [5, 5.41) is 9.02. The van der Waals surface area contributed by atoms with Gasteiger partial charge < -0.3 is 10.8 Å². The van der Waals surface area contributed by atoms with Crippen molar-refractivity contribution in [2.75, 3.05) is 5.73 Å². The molecule has 0 saturated heterocycles. The van der Waals surface area contributed by atoms with E-state index < -0.39 is 5.97 Å². The van der Waals surface area contributed by atoms with Crippen LogP contribution in [0.5, 0.6) is 0 Å². The van der Waals surface area contributed by atoms with Crippen LogP contribution in [-0.2, 0) is 4.79 Å². The van der Waals surface area contributed by atoms with Gasteiger partial charge in [0.2, 0.25) is 0 Å². The van der Waals surface area contributed by atoms with Gasteiger partial charge in [0.15, 0.2) is 5.13 Å². The second-order valence-corrected chi connectivity index (χ2v) is 3.81. The smallest absolute Gasteiger partial charge is 0.337 e. The molecule has 0 fully saturated rings. The van der Waals surface area contributed by atoms with Crippen molar-refractivity contribution in [1.29, 1.82) is 0 Å². The molecule has 13 heavy (non-hydrogen) atoms. The fourth-order valence-corrected chi connectivity index (χ4v) is 1.80. The van der Waals surface area contributed by atoms with Gasteiger partial charge in [0.1, 0.15) is 10.0 Å². The van der Waals surface area contributed by atoms with Gasteiger partial charge in [0.05, 0.1) is 5.57 Å². The predicted octanol–water partition coefficient (Wildman–Crippen LogP) is 1.87. The van der Waals surface area contributed by atoms with Crippen molar-refractivity contribution in [2.45, 2.75) is 6.92 Å². The molecule has 6 heteroatoms. The third-order valence-electron chi connectivity index (χ3n) is 1.38. The molecule has 0 radical (unpaired) electrons. The summed E-state index contributed by atoms with van der Waals surface area (Å²) in [5.74, 6) is -1.06. The summed E-state index contributed by atoms with van der Waals surface area (Å²) in [6.45, 7) is 1.61. The lowest BCUT2D eigenvalue weighted by molar-refractivity contribution is -0.130. The number of nitrogen functional groups attached to an aromatic ring is 1. The number of hydrogen-bond acceptors (Lipinski definition) is 4. The molecular weight excluding hydrogens is 212 g/mol. The Kier molecular flexibility index (Phi) is 2.90. The minimum Gasteiger partial charge on any atom is -0.478 e. The van der Waals surface area contributed by atoms with Crippen LogP contribution in [0, 0.1) is 0 Å². The molecule has 0 spiro atoms. The van der Waals surface area contributed by atoms with E-state index in [4.69, 9.17) is 22.4 Å². The van der Waals surface area contributed by atoms with E-state index >= 15 is 0 Å². The Bertz CT molecular complexity index is 373. The highest BCUT2D eigenvalue weighted by Gasteiger charge is 2.17. The Morgan fingerprint density at radius 2 is 2.38 bits per heavy atom. The summed E-state index contributed by atoms with van der Waals surface area (Å²) in [4.78, 5) is 14.5. The standard InChI is InChI=1S/C7H7ClN2O2S/c1-2-3(6(11)12)4-5(8)13-7(9)10-4/h2H,1H3,(H2,9,10)(H,11,12)/b3-2-. The molecule has 0 aliphatic rings. The van der Waals surface area contributed by atoms with Gasteiger partial charge in [-0.1, -0.05) is 29.0 Å². The average Bonchev–Trinajstić information content (AvgIpc) is 2.31. The summed E-state index contributed by atoms with van der Waals surface area (Å²) in [6.07, 6.45) is 1.43. The van der Waals surface area contributed by atoms with E-state index in [1.165, 1.54) is 6.08 Å². The lowest BCUT2D eigenvalue weighted by Gasteiger charge is -1.95. The molecule has 0 bridgehead atoms. The van der Waals surface area contributed by atoms with E-state index in [1.54, 1.807) is 6.92 Å². The summed E-state index contributed by atoms with van der Waals surface area (Å²) in [6, 6.07) is 0. The largest absolute Gasteiger partial charge is 0.478 e. The minimum absolute atomic E-state index is 0.0675. The van der Waals surface area contributed by atoms with Crippen molar-refractivity contribution >= 4 is 39.6 Å². The molecule has 0 aliphatic carbocycles. The number of nitrogens with zero attached hydrogens (tertiary/aromatic N) is 1. The third-order valence-corrected chi connectivity index (χ3v) is 2.46. The monoisotopic (exact) mass is 218 g/mol. The maximum Gasteiger partial charge on any atom is 0.337 e. The second-order valence-electron chi connectivity index (χ2n) is 2.18. The van der Waals surface area contributed by atoms with Crippen LogP contribution in [0.2, 0.25) is 4.34 Å². The molecule has 0 aliphatic heterocycles. The molecule has 70 valence electrons. The minimum atomic E-state index is -1.06. The number of carboxylic acid groups (broad SMARTS) is 1. The number of halogens is 1. The fourth-order valence-electron chi connectivity index (χ4n) is 0.845. The van der Waals surface area contributed by atoms with Gasteiger partial charge >= 0.3 is 5.97 Å². The zero-order chi connectivity index (χ0) is 10.0. The maximum absolute atomic E-state index is 10.7. The van der Waals surface area contributed by atoms with E-state index in [0.29, 0.717) is 4.34 Å². The molecule has 1 rings (SSSR count). The number of carbonyl (C=O) groups is 1. The average molecular weight is 219 g/mol. The highest BCUT2D eigenvalue weighted by atomic mass is 35.5.